The average Bonchev–Trinajstić information content (AvgIpc) is 2.37. The maximum absolute atomic E-state index is 12.0. The highest BCUT2D eigenvalue weighted by atomic mass is 35.5. The first-order chi connectivity index (χ1) is 9.66. The van der Waals surface area contributed by atoms with Crippen molar-refractivity contribution in [3.63, 3.8) is 0 Å². The van der Waals surface area contributed by atoms with Crippen molar-refractivity contribution in [2.24, 2.45) is 11.7 Å². The molecule has 0 fully saturated rings. The number of amides is 2. The third kappa shape index (κ3) is 4.44. The summed E-state index contributed by atoms with van der Waals surface area (Å²) in [5.41, 5.74) is 4.55. The number of aliphatic hydroxyl groups excluding tert-OH is 1. The van der Waals surface area contributed by atoms with Gasteiger partial charge in [-0.05, 0) is 30.5 Å². The Morgan fingerprint density at radius 2 is 2.05 bits per heavy atom. The maximum Gasteiger partial charge on any atom is 0.247 e. The number of rotatable bonds is 6. The number of hydrogen-bond donors (Lipinski definition) is 3. The van der Waals surface area contributed by atoms with E-state index in [0.29, 0.717) is 10.6 Å². The fraction of sp³-hybridized carbons (Fsp3) is 0.467. The zero-order chi connectivity index (χ0) is 16.2. The second-order valence-electron chi connectivity index (χ2n) is 5.56. The first-order valence-electron chi connectivity index (χ1n) is 6.72. The second kappa shape index (κ2) is 6.91. The van der Waals surface area contributed by atoms with E-state index in [9.17, 15) is 14.7 Å². The second-order valence-corrected chi connectivity index (χ2v) is 6.00. The van der Waals surface area contributed by atoms with E-state index in [1.54, 1.807) is 24.3 Å². The highest BCUT2D eigenvalue weighted by Gasteiger charge is 2.35. The van der Waals surface area contributed by atoms with Crippen LogP contribution in [0.2, 0.25) is 5.02 Å². The van der Waals surface area contributed by atoms with Crippen LogP contribution in [0.4, 0.5) is 0 Å². The molecule has 2 amide bonds. The number of nitrogens with two attached hydrogens (primary N) is 1. The van der Waals surface area contributed by atoms with Gasteiger partial charge in [0, 0.05) is 5.02 Å². The van der Waals surface area contributed by atoms with Gasteiger partial charge in [0.1, 0.15) is 5.54 Å². The van der Waals surface area contributed by atoms with Crippen LogP contribution in [-0.4, -0.2) is 23.0 Å². The Kier molecular flexibility index (Phi) is 5.75. The van der Waals surface area contributed by atoms with E-state index < -0.39 is 23.5 Å². The standard InChI is InChI=1S/C15H21ClN2O3/c1-9(2)12(19)8-13(20)18-15(3,14(17)21)10-5-4-6-11(16)7-10/h4-7,9,12,19H,8H2,1-3H3,(H2,17,21)(H,18,20). The van der Waals surface area contributed by atoms with Crippen LogP contribution in [0.5, 0.6) is 0 Å². The number of carbonyl (C=O) groups excluding carboxylic acids is 2. The molecule has 21 heavy (non-hydrogen) atoms. The molecule has 1 aromatic rings. The van der Waals surface area contributed by atoms with Gasteiger partial charge in [-0.15, -0.1) is 0 Å². The van der Waals surface area contributed by atoms with Crippen LogP contribution in [0.15, 0.2) is 24.3 Å². The zero-order valence-corrected chi connectivity index (χ0v) is 13.1. The van der Waals surface area contributed by atoms with Crippen LogP contribution in [0.3, 0.4) is 0 Å². The summed E-state index contributed by atoms with van der Waals surface area (Å²) in [7, 11) is 0. The molecular weight excluding hydrogens is 292 g/mol. The Balaban J connectivity index is 2.97. The van der Waals surface area contributed by atoms with Crippen LogP contribution in [0, 0.1) is 5.92 Å². The Morgan fingerprint density at radius 1 is 1.43 bits per heavy atom. The molecule has 1 aromatic carbocycles. The molecule has 0 aliphatic rings. The summed E-state index contributed by atoms with van der Waals surface area (Å²) in [6.07, 6.45) is -0.873. The molecular formula is C15H21ClN2O3. The molecule has 0 bridgehead atoms. The predicted molar refractivity (Wildman–Crippen MR) is 81.6 cm³/mol. The molecule has 0 spiro atoms. The number of hydrogen-bond acceptors (Lipinski definition) is 3. The van der Waals surface area contributed by atoms with E-state index in [-0.39, 0.29) is 12.3 Å². The number of halogens is 1. The van der Waals surface area contributed by atoms with Crippen LogP contribution in [0.25, 0.3) is 0 Å². The van der Waals surface area contributed by atoms with Gasteiger partial charge < -0.3 is 16.2 Å². The summed E-state index contributed by atoms with van der Waals surface area (Å²) in [5.74, 6) is -1.20. The van der Waals surface area contributed by atoms with E-state index in [0.717, 1.165) is 0 Å². The van der Waals surface area contributed by atoms with E-state index in [4.69, 9.17) is 17.3 Å². The normalized spacial score (nSPS) is 15.3. The van der Waals surface area contributed by atoms with Gasteiger partial charge in [0.25, 0.3) is 0 Å². The Labute approximate surface area is 129 Å². The van der Waals surface area contributed by atoms with Crippen molar-refractivity contribution >= 4 is 23.4 Å². The average molecular weight is 313 g/mol. The summed E-state index contributed by atoms with van der Waals surface area (Å²) >= 11 is 5.91. The van der Waals surface area contributed by atoms with Crippen LogP contribution >= 0.6 is 11.6 Å². The summed E-state index contributed by atoms with van der Waals surface area (Å²) in [6, 6.07) is 6.58. The number of carbonyl (C=O) groups is 2. The van der Waals surface area contributed by atoms with Gasteiger partial charge in [-0.2, -0.15) is 0 Å². The molecule has 5 nitrogen and oxygen atoms in total. The van der Waals surface area contributed by atoms with Gasteiger partial charge in [-0.25, -0.2) is 0 Å². The topological polar surface area (TPSA) is 92.4 Å². The van der Waals surface area contributed by atoms with Gasteiger partial charge in [0.15, 0.2) is 0 Å². The highest BCUT2D eigenvalue weighted by molar-refractivity contribution is 6.30. The van der Waals surface area contributed by atoms with Crippen molar-refractivity contribution in [3.05, 3.63) is 34.9 Å². The zero-order valence-electron chi connectivity index (χ0n) is 12.4. The largest absolute Gasteiger partial charge is 0.392 e. The van der Waals surface area contributed by atoms with Crippen molar-refractivity contribution < 1.29 is 14.7 Å². The fourth-order valence-corrected chi connectivity index (χ4v) is 2.02. The molecule has 2 atom stereocenters. The summed E-state index contributed by atoms with van der Waals surface area (Å²) < 4.78 is 0. The molecule has 0 saturated carbocycles. The fourth-order valence-electron chi connectivity index (χ4n) is 1.83. The van der Waals surface area contributed by atoms with Gasteiger partial charge >= 0.3 is 0 Å². The summed E-state index contributed by atoms with van der Waals surface area (Å²) in [4.78, 5) is 23.8. The van der Waals surface area contributed by atoms with Crippen LogP contribution < -0.4 is 11.1 Å². The van der Waals surface area contributed by atoms with E-state index in [1.807, 2.05) is 13.8 Å². The molecule has 1 rings (SSSR count). The third-order valence-electron chi connectivity index (χ3n) is 3.45. The van der Waals surface area contributed by atoms with Crippen LogP contribution in [0.1, 0.15) is 32.8 Å². The molecule has 0 radical (unpaired) electrons. The van der Waals surface area contributed by atoms with Gasteiger partial charge in [-0.1, -0.05) is 37.6 Å². The van der Waals surface area contributed by atoms with Gasteiger partial charge in [0.05, 0.1) is 12.5 Å². The molecule has 0 heterocycles. The third-order valence-corrected chi connectivity index (χ3v) is 3.68. The van der Waals surface area contributed by atoms with Crippen molar-refractivity contribution in [2.45, 2.75) is 38.8 Å². The molecule has 0 aliphatic heterocycles. The van der Waals surface area contributed by atoms with Gasteiger partial charge in [-0.3, -0.25) is 9.59 Å². The maximum atomic E-state index is 12.0. The molecule has 116 valence electrons. The minimum atomic E-state index is -1.38. The SMILES string of the molecule is CC(C)C(O)CC(=O)NC(C)(C(N)=O)c1cccc(Cl)c1. The lowest BCUT2D eigenvalue weighted by Crippen LogP contribution is -2.53. The summed E-state index contributed by atoms with van der Waals surface area (Å²) in [5, 5.41) is 12.8. The molecule has 4 N–H and O–H groups in total. The number of benzene rings is 1. The summed E-state index contributed by atoms with van der Waals surface area (Å²) in [6.45, 7) is 5.13. The van der Waals surface area contributed by atoms with Crippen LogP contribution in [-0.2, 0) is 15.1 Å². The van der Waals surface area contributed by atoms with E-state index in [2.05, 4.69) is 5.32 Å². The quantitative estimate of drug-likeness (QED) is 0.744. The molecule has 0 saturated heterocycles. The Hall–Kier alpha value is -1.59. The van der Waals surface area contributed by atoms with E-state index >= 15 is 0 Å². The highest BCUT2D eigenvalue weighted by Crippen LogP contribution is 2.24. The van der Waals surface area contributed by atoms with Crippen molar-refractivity contribution in [1.82, 2.24) is 5.32 Å². The molecule has 6 heteroatoms. The van der Waals surface area contributed by atoms with E-state index in [1.165, 1.54) is 6.92 Å². The van der Waals surface area contributed by atoms with Gasteiger partial charge in [0.2, 0.25) is 11.8 Å². The number of primary amides is 1. The lowest BCUT2D eigenvalue weighted by atomic mass is 9.90. The monoisotopic (exact) mass is 312 g/mol. The van der Waals surface area contributed by atoms with Crippen molar-refractivity contribution in [2.75, 3.05) is 0 Å². The number of nitrogens with one attached hydrogen (secondary N) is 1. The molecule has 0 aliphatic carbocycles. The van der Waals surface area contributed by atoms with Crippen molar-refractivity contribution in [1.29, 1.82) is 0 Å². The number of aliphatic hydroxyl groups is 1. The lowest BCUT2D eigenvalue weighted by molar-refractivity contribution is -0.132. The minimum absolute atomic E-state index is 0.0539. The molecule has 0 aromatic heterocycles. The first kappa shape index (κ1) is 17.5. The predicted octanol–water partition coefficient (Wildman–Crippen LogP) is 1.56. The Morgan fingerprint density at radius 3 is 2.52 bits per heavy atom. The lowest BCUT2D eigenvalue weighted by Gasteiger charge is -2.29. The Bertz CT molecular complexity index is 533. The molecule has 2 unspecified atom stereocenters. The smallest absolute Gasteiger partial charge is 0.247 e. The minimum Gasteiger partial charge on any atom is -0.392 e. The van der Waals surface area contributed by atoms with Crippen molar-refractivity contribution in [3.8, 4) is 0 Å². The first-order valence-corrected chi connectivity index (χ1v) is 7.09.